The zero-order valence-corrected chi connectivity index (χ0v) is 12.9. The summed E-state index contributed by atoms with van der Waals surface area (Å²) in [6.45, 7) is 1.41. The van der Waals surface area contributed by atoms with E-state index < -0.39 is 6.04 Å². The van der Waals surface area contributed by atoms with Crippen LogP contribution in [0.15, 0.2) is 48.5 Å². The molecular weight excluding hydrogens is 300 g/mol. The molecule has 0 spiro atoms. The Morgan fingerprint density at radius 3 is 2.50 bits per heavy atom. The number of nitrogens with one attached hydrogen (secondary N) is 2. The molecular formula is C17H17ClN2O2. The first-order valence-corrected chi connectivity index (χ1v) is 7.24. The molecule has 114 valence electrons. The van der Waals surface area contributed by atoms with Gasteiger partial charge in [0.15, 0.2) is 0 Å². The molecule has 0 radical (unpaired) electrons. The number of aromatic hydroxyl groups is 1. The molecule has 0 fully saturated rings. The lowest BCUT2D eigenvalue weighted by molar-refractivity contribution is -0.119. The van der Waals surface area contributed by atoms with E-state index in [1.54, 1.807) is 42.5 Å². The second-order valence-electron chi connectivity index (χ2n) is 4.97. The molecule has 0 bridgehead atoms. The Labute approximate surface area is 134 Å². The summed E-state index contributed by atoms with van der Waals surface area (Å²) in [5, 5.41) is 21.5. The predicted molar refractivity (Wildman–Crippen MR) is 87.6 cm³/mol. The number of phenolic OH excluding ortho intramolecular Hbond substituents is 1. The standard InChI is InChI=1S/C17H17ClN2O2/c1-11(21)20-16(13-7-3-5-9-17(13)22)10-15(19)12-6-2-4-8-14(12)18/h2-9,16,19,22H,10H2,1H3,(H,20,21). The largest absolute Gasteiger partial charge is 0.508 e. The Kier molecular flexibility index (Phi) is 5.17. The normalized spacial score (nSPS) is 11.7. The number of hydrogen-bond donors (Lipinski definition) is 3. The number of carbonyl (C=O) groups excluding carboxylic acids is 1. The SMILES string of the molecule is CC(=O)NC(CC(=N)c1ccccc1Cl)c1ccccc1O. The average Bonchev–Trinajstić information content (AvgIpc) is 2.47. The van der Waals surface area contributed by atoms with Gasteiger partial charge in [0.2, 0.25) is 5.91 Å². The number of halogens is 1. The van der Waals surface area contributed by atoms with Gasteiger partial charge in [-0.15, -0.1) is 0 Å². The number of rotatable bonds is 5. The van der Waals surface area contributed by atoms with Crippen LogP contribution >= 0.6 is 11.6 Å². The van der Waals surface area contributed by atoms with E-state index in [2.05, 4.69) is 5.32 Å². The molecule has 5 heteroatoms. The van der Waals surface area contributed by atoms with E-state index in [0.717, 1.165) is 0 Å². The van der Waals surface area contributed by atoms with Gasteiger partial charge < -0.3 is 15.8 Å². The third-order valence-electron chi connectivity index (χ3n) is 3.30. The number of benzene rings is 2. The third-order valence-corrected chi connectivity index (χ3v) is 3.63. The van der Waals surface area contributed by atoms with Crippen LogP contribution < -0.4 is 5.32 Å². The van der Waals surface area contributed by atoms with Crippen molar-refractivity contribution >= 4 is 23.2 Å². The van der Waals surface area contributed by atoms with E-state index in [-0.39, 0.29) is 18.1 Å². The quantitative estimate of drug-likeness (QED) is 0.736. The highest BCUT2D eigenvalue weighted by molar-refractivity contribution is 6.34. The van der Waals surface area contributed by atoms with Crippen molar-refractivity contribution in [2.45, 2.75) is 19.4 Å². The van der Waals surface area contributed by atoms with Crippen molar-refractivity contribution in [3.63, 3.8) is 0 Å². The highest BCUT2D eigenvalue weighted by Crippen LogP contribution is 2.28. The van der Waals surface area contributed by atoms with Gasteiger partial charge >= 0.3 is 0 Å². The van der Waals surface area contributed by atoms with Crippen LogP contribution in [0.4, 0.5) is 0 Å². The minimum absolute atomic E-state index is 0.0909. The van der Waals surface area contributed by atoms with E-state index in [1.807, 2.05) is 6.07 Å². The summed E-state index contributed by atoms with van der Waals surface area (Å²) in [7, 11) is 0. The van der Waals surface area contributed by atoms with Gasteiger partial charge in [-0.1, -0.05) is 48.0 Å². The molecule has 1 amide bonds. The zero-order valence-electron chi connectivity index (χ0n) is 12.1. The lowest BCUT2D eigenvalue weighted by Gasteiger charge is -2.20. The van der Waals surface area contributed by atoms with Crippen LogP contribution in [0.1, 0.15) is 30.5 Å². The van der Waals surface area contributed by atoms with Gasteiger partial charge in [-0.3, -0.25) is 4.79 Å². The lowest BCUT2D eigenvalue weighted by Crippen LogP contribution is -2.28. The summed E-state index contributed by atoms with van der Waals surface area (Å²) in [6, 6.07) is 13.4. The third kappa shape index (κ3) is 3.86. The highest BCUT2D eigenvalue weighted by atomic mass is 35.5. The number of hydrogen-bond acceptors (Lipinski definition) is 3. The average molecular weight is 317 g/mol. The molecule has 3 N–H and O–H groups in total. The fourth-order valence-corrected chi connectivity index (χ4v) is 2.54. The minimum Gasteiger partial charge on any atom is -0.508 e. The van der Waals surface area contributed by atoms with E-state index >= 15 is 0 Å². The monoisotopic (exact) mass is 316 g/mol. The molecule has 2 aromatic carbocycles. The summed E-state index contributed by atoms with van der Waals surface area (Å²) in [4.78, 5) is 11.4. The topological polar surface area (TPSA) is 73.2 Å². The molecule has 2 aromatic rings. The Hall–Kier alpha value is -2.33. The Bertz CT molecular complexity index is 701. The maximum Gasteiger partial charge on any atom is 0.217 e. The molecule has 4 nitrogen and oxygen atoms in total. The van der Waals surface area contributed by atoms with Gasteiger partial charge in [0.1, 0.15) is 5.75 Å². The summed E-state index contributed by atoms with van der Waals surface area (Å²) in [6.07, 6.45) is 0.237. The first-order chi connectivity index (χ1) is 10.5. The highest BCUT2D eigenvalue weighted by Gasteiger charge is 2.19. The van der Waals surface area contributed by atoms with Crippen LogP contribution in [0.2, 0.25) is 5.02 Å². The number of amides is 1. The fraction of sp³-hybridized carbons (Fsp3) is 0.176. The van der Waals surface area contributed by atoms with E-state index in [1.165, 1.54) is 6.92 Å². The van der Waals surface area contributed by atoms with Crippen molar-refractivity contribution < 1.29 is 9.90 Å². The smallest absolute Gasteiger partial charge is 0.217 e. The van der Waals surface area contributed by atoms with E-state index in [9.17, 15) is 9.90 Å². The van der Waals surface area contributed by atoms with E-state index in [4.69, 9.17) is 17.0 Å². The minimum atomic E-state index is -0.484. The molecule has 0 aliphatic heterocycles. The lowest BCUT2D eigenvalue weighted by atomic mass is 9.96. The van der Waals surface area contributed by atoms with Gasteiger partial charge in [0.25, 0.3) is 0 Å². The van der Waals surface area contributed by atoms with Crippen LogP contribution in [0.3, 0.4) is 0 Å². The second-order valence-corrected chi connectivity index (χ2v) is 5.38. The molecule has 0 saturated heterocycles. The molecule has 1 unspecified atom stereocenters. The summed E-state index contributed by atoms with van der Waals surface area (Å²) >= 11 is 6.11. The maximum atomic E-state index is 11.4. The van der Waals surface area contributed by atoms with E-state index in [0.29, 0.717) is 21.9 Å². The second kappa shape index (κ2) is 7.09. The first-order valence-electron chi connectivity index (χ1n) is 6.86. The molecule has 0 aliphatic carbocycles. The molecule has 0 saturated carbocycles. The Morgan fingerprint density at radius 1 is 1.23 bits per heavy atom. The van der Waals surface area contributed by atoms with Gasteiger partial charge in [-0.25, -0.2) is 0 Å². The van der Waals surface area contributed by atoms with Gasteiger partial charge in [-0.2, -0.15) is 0 Å². The van der Waals surface area contributed by atoms with Crippen molar-refractivity contribution in [2.24, 2.45) is 0 Å². The summed E-state index contributed by atoms with van der Waals surface area (Å²) < 4.78 is 0. The van der Waals surface area contributed by atoms with Crippen molar-refractivity contribution in [3.8, 4) is 5.75 Å². The number of para-hydroxylation sites is 1. The number of carbonyl (C=O) groups is 1. The zero-order chi connectivity index (χ0) is 16.1. The van der Waals surface area contributed by atoms with Crippen LogP contribution in [0, 0.1) is 5.41 Å². The van der Waals surface area contributed by atoms with Crippen molar-refractivity contribution in [1.29, 1.82) is 5.41 Å². The molecule has 2 rings (SSSR count). The van der Waals surface area contributed by atoms with Crippen LogP contribution in [-0.4, -0.2) is 16.7 Å². The summed E-state index contributed by atoms with van der Waals surface area (Å²) in [5.41, 5.74) is 1.50. The molecule has 22 heavy (non-hydrogen) atoms. The van der Waals surface area contributed by atoms with Gasteiger partial charge in [0, 0.05) is 35.2 Å². The fourth-order valence-electron chi connectivity index (χ4n) is 2.29. The molecule has 0 heterocycles. The van der Waals surface area contributed by atoms with Gasteiger partial charge in [-0.05, 0) is 12.1 Å². The summed E-state index contributed by atoms with van der Waals surface area (Å²) in [5.74, 6) is -0.131. The number of phenols is 1. The van der Waals surface area contributed by atoms with Gasteiger partial charge in [0.05, 0.1) is 6.04 Å². The molecule has 1 atom stereocenters. The first kappa shape index (κ1) is 16.0. The predicted octanol–water partition coefficient (Wildman–Crippen LogP) is 3.68. The van der Waals surface area contributed by atoms with Crippen molar-refractivity contribution in [3.05, 3.63) is 64.7 Å². The Balaban J connectivity index is 2.28. The van der Waals surface area contributed by atoms with Crippen LogP contribution in [0.25, 0.3) is 0 Å². The molecule has 0 aliphatic rings. The van der Waals surface area contributed by atoms with Crippen molar-refractivity contribution in [2.75, 3.05) is 0 Å². The molecule has 0 aromatic heterocycles. The van der Waals surface area contributed by atoms with Crippen LogP contribution in [-0.2, 0) is 4.79 Å². The van der Waals surface area contributed by atoms with Crippen LogP contribution in [0.5, 0.6) is 5.75 Å². The maximum absolute atomic E-state index is 11.4. The van der Waals surface area contributed by atoms with Crippen molar-refractivity contribution in [1.82, 2.24) is 5.32 Å². The Morgan fingerprint density at radius 2 is 1.86 bits per heavy atom.